The van der Waals surface area contributed by atoms with Crippen LogP contribution in [0, 0.1) is 6.92 Å². The minimum Gasteiger partial charge on any atom is -0.318 e. The quantitative estimate of drug-likeness (QED) is 0.683. The maximum absolute atomic E-state index is 12.7. The molecular weight excluding hydrogens is 350 g/mol. The molecule has 7 nitrogen and oxygen atoms in total. The van der Waals surface area contributed by atoms with Crippen LogP contribution in [0.1, 0.15) is 24.8 Å². The third kappa shape index (κ3) is 4.34. The average molecular weight is 376 g/mol. The van der Waals surface area contributed by atoms with Gasteiger partial charge in [-0.3, -0.25) is 0 Å². The number of hydrogen-bond donors (Lipinski definition) is 2. The highest BCUT2D eigenvalue weighted by atomic mass is 32.2. The number of piperidine rings is 1. The van der Waals surface area contributed by atoms with Gasteiger partial charge in [0.2, 0.25) is 20.0 Å². The van der Waals surface area contributed by atoms with Gasteiger partial charge < -0.3 is 5.32 Å². The fourth-order valence-electron chi connectivity index (χ4n) is 2.67. The first kappa shape index (κ1) is 19.3. The number of rotatable bonds is 7. The van der Waals surface area contributed by atoms with Gasteiger partial charge in [-0.25, -0.2) is 21.6 Å². The van der Waals surface area contributed by atoms with Crippen LogP contribution in [-0.4, -0.2) is 54.4 Å². The Kier molecular flexibility index (Phi) is 6.38. The van der Waals surface area contributed by atoms with E-state index < -0.39 is 20.0 Å². The summed E-state index contributed by atoms with van der Waals surface area (Å²) in [6.07, 6.45) is 2.69. The van der Waals surface area contributed by atoms with Crippen molar-refractivity contribution in [2.75, 3.05) is 33.2 Å². The summed E-state index contributed by atoms with van der Waals surface area (Å²) in [4.78, 5) is 0.0423. The highest BCUT2D eigenvalue weighted by Gasteiger charge is 2.28. The Morgan fingerprint density at radius 3 is 2.33 bits per heavy atom. The van der Waals surface area contributed by atoms with Gasteiger partial charge in [0, 0.05) is 26.2 Å². The molecule has 0 unspecified atom stereocenters. The van der Waals surface area contributed by atoms with Crippen LogP contribution in [0.4, 0.5) is 0 Å². The number of hydrogen-bond acceptors (Lipinski definition) is 5. The molecule has 24 heavy (non-hydrogen) atoms. The van der Waals surface area contributed by atoms with Gasteiger partial charge in [-0.2, -0.15) is 4.31 Å². The molecule has 2 rings (SSSR count). The Bertz CT molecular complexity index is 770. The molecule has 1 saturated heterocycles. The number of nitrogens with one attached hydrogen (secondary N) is 2. The summed E-state index contributed by atoms with van der Waals surface area (Å²) in [6.45, 7) is 3.35. The molecule has 1 fully saturated rings. The van der Waals surface area contributed by atoms with E-state index in [0.29, 0.717) is 25.2 Å². The molecule has 0 spiro atoms. The first-order valence-corrected chi connectivity index (χ1v) is 11.0. The van der Waals surface area contributed by atoms with Crippen LogP contribution in [0.5, 0.6) is 0 Å². The van der Waals surface area contributed by atoms with Crippen LogP contribution in [0.25, 0.3) is 0 Å². The molecule has 0 aromatic heterocycles. The highest BCUT2D eigenvalue weighted by molar-refractivity contribution is 7.90. The van der Waals surface area contributed by atoms with Crippen molar-refractivity contribution in [3.05, 3.63) is 23.8 Å². The summed E-state index contributed by atoms with van der Waals surface area (Å²) in [5.74, 6) is 0. The van der Waals surface area contributed by atoms with Crippen LogP contribution in [0.3, 0.4) is 0 Å². The van der Waals surface area contributed by atoms with Gasteiger partial charge in [-0.15, -0.1) is 0 Å². The monoisotopic (exact) mass is 375 g/mol. The van der Waals surface area contributed by atoms with Crippen molar-refractivity contribution in [1.29, 1.82) is 0 Å². The topological polar surface area (TPSA) is 95.6 Å². The van der Waals surface area contributed by atoms with Crippen LogP contribution >= 0.6 is 0 Å². The zero-order chi connectivity index (χ0) is 17.8. The summed E-state index contributed by atoms with van der Waals surface area (Å²) >= 11 is 0. The van der Waals surface area contributed by atoms with E-state index in [1.165, 1.54) is 16.4 Å². The highest BCUT2D eigenvalue weighted by Crippen LogP contribution is 2.24. The lowest BCUT2D eigenvalue weighted by Gasteiger charge is -2.26. The molecule has 2 N–H and O–H groups in total. The van der Waals surface area contributed by atoms with E-state index in [1.807, 2.05) is 0 Å². The number of likely N-dealkylation sites (N-methyl/N-ethyl adjacent to an activating group) is 1. The molecule has 1 aliphatic rings. The van der Waals surface area contributed by atoms with Crippen molar-refractivity contribution in [3.63, 3.8) is 0 Å². The average Bonchev–Trinajstić information content (AvgIpc) is 2.56. The summed E-state index contributed by atoms with van der Waals surface area (Å²) < 4.78 is 54.3. The molecule has 0 bridgehead atoms. The molecule has 9 heteroatoms. The predicted molar refractivity (Wildman–Crippen MR) is 92.9 cm³/mol. The third-order valence-corrected chi connectivity index (χ3v) is 7.57. The van der Waals surface area contributed by atoms with Gasteiger partial charge in [0.15, 0.2) is 0 Å². The second-order valence-electron chi connectivity index (χ2n) is 5.89. The minimum atomic E-state index is -3.75. The molecule has 0 saturated carbocycles. The lowest BCUT2D eigenvalue weighted by molar-refractivity contribution is 0.346. The first-order valence-electron chi connectivity index (χ1n) is 8.04. The van der Waals surface area contributed by atoms with Crippen LogP contribution < -0.4 is 10.0 Å². The summed E-state index contributed by atoms with van der Waals surface area (Å²) in [7, 11) is -5.68. The van der Waals surface area contributed by atoms with Gasteiger partial charge in [0.05, 0.1) is 9.79 Å². The molecule has 0 radical (unpaired) electrons. The van der Waals surface area contributed by atoms with Gasteiger partial charge >= 0.3 is 0 Å². The Labute approximate surface area is 144 Å². The fourth-order valence-corrected chi connectivity index (χ4v) is 5.59. The van der Waals surface area contributed by atoms with Crippen molar-refractivity contribution < 1.29 is 16.8 Å². The molecule has 1 aromatic rings. The lowest BCUT2D eigenvalue weighted by Crippen LogP contribution is -2.36. The van der Waals surface area contributed by atoms with E-state index in [2.05, 4.69) is 10.0 Å². The van der Waals surface area contributed by atoms with E-state index in [0.717, 1.165) is 19.3 Å². The maximum atomic E-state index is 12.7. The molecule has 1 aliphatic heterocycles. The van der Waals surface area contributed by atoms with Gasteiger partial charge in [0.25, 0.3) is 0 Å². The van der Waals surface area contributed by atoms with Crippen molar-refractivity contribution in [2.24, 2.45) is 0 Å². The molecular formula is C15H25N3O4S2. The molecule has 0 aliphatic carbocycles. The zero-order valence-electron chi connectivity index (χ0n) is 14.1. The summed E-state index contributed by atoms with van der Waals surface area (Å²) in [5.41, 5.74) is 0.518. The van der Waals surface area contributed by atoms with Gasteiger partial charge in [-0.05, 0) is 44.5 Å². The second kappa shape index (κ2) is 7.92. The van der Waals surface area contributed by atoms with Crippen molar-refractivity contribution in [1.82, 2.24) is 14.3 Å². The normalized spacial score (nSPS) is 17.1. The van der Waals surface area contributed by atoms with E-state index in [4.69, 9.17) is 0 Å². The Balaban J connectivity index is 2.34. The largest absolute Gasteiger partial charge is 0.318 e. The predicted octanol–water partition coefficient (Wildman–Crippen LogP) is 0.667. The molecule has 1 aromatic carbocycles. The first-order chi connectivity index (χ1) is 11.3. The van der Waals surface area contributed by atoms with Crippen molar-refractivity contribution >= 4 is 20.0 Å². The third-order valence-electron chi connectivity index (χ3n) is 4.07. The molecule has 1 heterocycles. The maximum Gasteiger partial charge on any atom is 0.243 e. The number of aryl methyl sites for hydroxylation is 1. The van der Waals surface area contributed by atoms with E-state index in [1.54, 1.807) is 20.0 Å². The number of nitrogens with zero attached hydrogens (tertiary/aromatic N) is 1. The smallest absolute Gasteiger partial charge is 0.243 e. The molecule has 0 atom stereocenters. The van der Waals surface area contributed by atoms with Crippen LogP contribution in [0.15, 0.2) is 28.0 Å². The van der Waals surface area contributed by atoms with E-state index >= 15 is 0 Å². The van der Waals surface area contributed by atoms with E-state index in [9.17, 15) is 16.8 Å². The Morgan fingerprint density at radius 2 is 1.71 bits per heavy atom. The van der Waals surface area contributed by atoms with Gasteiger partial charge in [0.1, 0.15) is 0 Å². The van der Waals surface area contributed by atoms with Crippen molar-refractivity contribution in [2.45, 2.75) is 36.0 Å². The standard InChI is InChI=1S/C15H25N3O4S2/c1-13-6-7-14(24(21,22)18-10-4-3-5-11-18)12-15(13)23(19,20)17-9-8-16-2/h6-7,12,16-17H,3-5,8-11H2,1-2H3. The molecule has 136 valence electrons. The van der Waals surface area contributed by atoms with Crippen molar-refractivity contribution in [3.8, 4) is 0 Å². The Hall–Kier alpha value is -1.00. The van der Waals surface area contributed by atoms with E-state index in [-0.39, 0.29) is 16.3 Å². The van der Waals surface area contributed by atoms with Crippen LogP contribution in [-0.2, 0) is 20.0 Å². The summed E-state index contributed by atoms with van der Waals surface area (Å²) in [6, 6.07) is 4.29. The zero-order valence-corrected chi connectivity index (χ0v) is 15.7. The number of sulfonamides is 2. The fraction of sp³-hybridized carbons (Fsp3) is 0.600. The SMILES string of the molecule is CNCCNS(=O)(=O)c1cc(S(=O)(=O)N2CCCCC2)ccc1C. The number of benzene rings is 1. The lowest BCUT2D eigenvalue weighted by atomic mass is 10.2. The van der Waals surface area contributed by atoms with Crippen LogP contribution in [0.2, 0.25) is 0 Å². The molecule has 0 amide bonds. The second-order valence-corrected chi connectivity index (χ2v) is 9.57. The Morgan fingerprint density at radius 1 is 1.04 bits per heavy atom. The summed E-state index contributed by atoms with van der Waals surface area (Å²) in [5, 5.41) is 2.86. The van der Waals surface area contributed by atoms with Gasteiger partial charge in [-0.1, -0.05) is 12.5 Å². The minimum absolute atomic E-state index is 0.0108.